The van der Waals surface area contributed by atoms with E-state index < -0.39 is 0 Å². The summed E-state index contributed by atoms with van der Waals surface area (Å²) in [6, 6.07) is 8.20. The molecule has 1 aromatic carbocycles. The second-order valence-corrected chi connectivity index (χ2v) is 5.93. The minimum atomic E-state index is -0.336. The Morgan fingerprint density at radius 1 is 1.18 bits per heavy atom. The van der Waals surface area contributed by atoms with E-state index in [1.165, 1.54) is 5.69 Å². The summed E-state index contributed by atoms with van der Waals surface area (Å²) < 4.78 is 0. The fourth-order valence-corrected chi connectivity index (χ4v) is 1.99. The summed E-state index contributed by atoms with van der Waals surface area (Å²) in [7, 11) is 2.11. The molecule has 0 spiro atoms. The van der Waals surface area contributed by atoms with Gasteiger partial charge >= 0.3 is 0 Å². The molecule has 0 aliphatic rings. The molecule has 0 aromatic heterocycles. The highest BCUT2D eigenvalue weighted by Gasteiger charge is 2.14. The first kappa shape index (κ1) is 14.0. The van der Waals surface area contributed by atoms with Crippen LogP contribution in [0.3, 0.4) is 0 Å². The van der Waals surface area contributed by atoms with Crippen molar-refractivity contribution in [1.29, 1.82) is 0 Å². The van der Waals surface area contributed by atoms with Gasteiger partial charge in [0.15, 0.2) is 0 Å². The maximum Gasteiger partial charge on any atom is 0.0787 e. The number of rotatable bonds is 4. The lowest BCUT2D eigenvalue weighted by atomic mass is 9.96. The highest BCUT2D eigenvalue weighted by atomic mass is 16.3. The van der Waals surface area contributed by atoms with E-state index in [-0.39, 0.29) is 11.5 Å². The van der Waals surface area contributed by atoms with Crippen LogP contribution in [0.5, 0.6) is 0 Å². The van der Waals surface area contributed by atoms with Gasteiger partial charge in [0.2, 0.25) is 0 Å². The minimum absolute atomic E-state index is 0.288. The number of anilines is 1. The summed E-state index contributed by atoms with van der Waals surface area (Å²) >= 11 is 0. The van der Waals surface area contributed by atoms with Gasteiger partial charge in [-0.15, -0.1) is 0 Å². The van der Waals surface area contributed by atoms with Gasteiger partial charge in [0, 0.05) is 19.3 Å². The Hall–Kier alpha value is -1.02. The third-order valence-electron chi connectivity index (χ3n) is 2.82. The fraction of sp³-hybridized carbons (Fsp3) is 0.600. The van der Waals surface area contributed by atoms with Gasteiger partial charge < -0.3 is 10.0 Å². The van der Waals surface area contributed by atoms with Gasteiger partial charge in [0.1, 0.15) is 0 Å². The molecule has 0 unspecified atom stereocenters. The third kappa shape index (κ3) is 4.39. The molecule has 1 atom stereocenters. The van der Waals surface area contributed by atoms with E-state index in [1.54, 1.807) is 0 Å². The molecule has 2 nitrogen and oxygen atoms in total. The number of aliphatic hydroxyl groups is 1. The molecule has 17 heavy (non-hydrogen) atoms. The van der Waals surface area contributed by atoms with Gasteiger partial charge in [0.25, 0.3) is 0 Å². The predicted octanol–water partition coefficient (Wildman–Crippen LogP) is 3.61. The number of aliphatic hydroxyl groups excluding tert-OH is 1. The summed E-state index contributed by atoms with van der Waals surface area (Å²) in [4.78, 5) is 2.25. The van der Waals surface area contributed by atoms with Crippen molar-refractivity contribution < 1.29 is 5.11 Å². The van der Waals surface area contributed by atoms with Crippen molar-refractivity contribution in [2.24, 2.45) is 5.41 Å². The Kier molecular flexibility index (Phi) is 4.58. The van der Waals surface area contributed by atoms with Gasteiger partial charge in [0.05, 0.1) is 6.10 Å². The van der Waals surface area contributed by atoms with Crippen molar-refractivity contribution in [3.05, 3.63) is 29.8 Å². The average Bonchev–Trinajstić information content (AvgIpc) is 2.26. The molecular formula is C15H25NO. The molecule has 0 bridgehead atoms. The van der Waals surface area contributed by atoms with E-state index in [2.05, 4.69) is 44.9 Å². The van der Waals surface area contributed by atoms with Gasteiger partial charge in [-0.2, -0.15) is 0 Å². The summed E-state index contributed by atoms with van der Waals surface area (Å²) in [6.07, 6.45) is 0.425. The average molecular weight is 235 g/mol. The first-order valence-corrected chi connectivity index (χ1v) is 6.32. The van der Waals surface area contributed by atoms with Crippen LogP contribution in [0.25, 0.3) is 0 Å². The van der Waals surface area contributed by atoms with Crippen LogP contribution >= 0.6 is 0 Å². The van der Waals surface area contributed by atoms with Crippen molar-refractivity contribution in [2.45, 2.75) is 40.2 Å². The SMILES string of the molecule is CC[C@H](O)c1ccc(N(C)CC(C)(C)C)cc1. The molecule has 2 heteroatoms. The van der Waals surface area contributed by atoms with Crippen LogP contribution in [0.2, 0.25) is 0 Å². The predicted molar refractivity (Wildman–Crippen MR) is 74.4 cm³/mol. The summed E-state index contributed by atoms with van der Waals surface area (Å²) in [5.74, 6) is 0. The quantitative estimate of drug-likeness (QED) is 0.861. The normalized spacial score (nSPS) is 13.5. The number of hydrogen-bond acceptors (Lipinski definition) is 2. The fourth-order valence-electron chi connectivity index (χ4n) is 1.99. The second-order valence-electron chi connectivity index (χ2n) is 5.93. The molecule has 96 valence electrons. The van der Waals surface area contributed by atoms with Crippen molar-refractivity contribution >= 4 is 5.69 Å². The first-order chi connectivity index (χ1) is 7.83. The Morgan fingerprint density at radius 2 is 1.71 bits per heavy atom. The molecule has 0 aliphatic carbocycles. The van der Waals surface area contributed by atoms with Crippen LogP contribution in [0, 0.1) is 5.41 Å². The van der Waals surface area contributed by atoms with E-state index in [0.29, 0.717) is 0 Å². The Bertz CT molecular complexity index is 337. The molecule has 0 amide bonds. The lowest BCUT2D eigenvalue weighted by molar-refractivity contribution is 0.173. The van der Waals surface area contributed by atoms with E-state index in [0.717, 1.165) is 18.5 Å². The summed E-state index contributed by atoms with van der Waals surface area (Å²) in [6.45, 7) is 9.71. The van der Waals surface area contributed by atoms with E-state index >= 15 is 0 Å². The molecule has 1 rings (SSSR count). The van der Waals surface area contributed by atoms with E-state index in [4.69, 9.17) is 0 Å². The lowest BCUT2D eigenvalue weighted by Gasteiger charge is -2.28. The smallest absolute Gasteiger partial charge is 0.0787 e. The highest BCUT2D eigenvalue weighted by Crippen LogP contribution is 2.23. The van der Waals surface area contributed by atoms with Crippen LogP contribution in [-0.2, 0) is 0 Å². The van der Waals surface area contributed by atoms with Gasteiger partial charge in [-0.3, -0.25) is 0 Å². The summed E-state index contributed by atoms with van der Waals surface area (Å²) in [5.41, 5.74) is 2.49. The molecule has 0 aliphatic heterocycles. The molecule has 0 fully saturated rings. The van der Waals surface area contributed by atoms with Gasteiger partial charge in [-0.25, -0.2) is 0 Å². The van der Waals surface area contributed by atoms with Crippen LogP contribution in [0.4, 0.5) is 5.69 Å². The lowest BCUT2D eigenvalue weighted by Crippen LogP contribution is -2.28. The molecule has 1 N–H and O–H groups in total. The third-order valence-corrected chi connectivity index (χ3v) is 2.82. The van der Waals surface area contributed by atoms with Crippen LogP contribution < -0.4 is 4.90 Å². The molecule has 0 heterocycles. The minimum Gasteiger partial charge on any atom is -0.388 e. The van der Waals surface area contributed by atoms with E-state index in [9.17, 15) is 5.11 Å². The monoisotopic (exact) mass is 235 g/mol. The van der Waals surface area contributed by atoms with Crippen molar-refractivity contribution in [3.8, 4) is 0 Å². The van der Waals surface area contributed by atoms with Crippen molar-refractivity contribution in [2.75, 3.05) is 18.5 Å². The molecule has 0 saturated heterocycles. The highest BCUT2D eigenvalue weighted by molar-refractivity contribution is 5.47. The number of nitrogens with zero attached hydrogens (tertiary/aromatic N) is 1. The standard InChI is InChI=1S/C15H25NO/c1-6-14(17)12-7-9-13(10-8-12)16(5)11-15(2,3)4/h7-10,14,17H,6,11H2,1-5H3/t14-/m0/s1. The van der Waals surface area contributed by atoms with Crippen molar-refractivity contribution in [3.63, 3.8) is 0 Å². The van der Waals surface area contributed by atoms with Gasteiger partial charge in [-0.05, 0) is 29.5 Å². The zero-order valence-electron chi connectivity index (χ0n) is 11.7. The Labute approximate surface area is 105 Å². The maximum atomic E-state index is 9.73. The Morgan fingerprint density at radius 3 is 2.12 bits per heavy atom. The van der Waals surface area contributed by atoms with Crippen LogP contribution in [0.1, 0.15) is 45.8 Å². The maximum absolute atomic E-state index is 9.73. The second kappa shape index (κ2) is 5.54. The first-order valence-electron chi connectivity index (χ1n) is 6.32. The Balaban J connectivity index is 2.74. The zero-order valence-corrected chi connectivity index (χ0v) is 11.7. The summed E-state index contributed by atoms with van der Waals surface area (Å²) in [5, 5.41) is 9.73. The number of hydrogen-bond donors (Lipinski definition) is 1. The molecular weight excluding hydrogens is 210 g/mol. The van der Waals surface area contributed by atoms with Crippen LogP contribution in [-0.4, -0.2) is 18.7 Å². The van der Waals surface area contributed by atoms with E-state index in [1.807, 2.05) is 19.1 Å². The zero-order chi connectivity index (χ0) is 13.1. The topological polar surface area (TPSA) is 23.5 Å². The molecule has 0 radical (unpaired) electrons. The van der Waals surface area contributed by atoms with Gasteiger partial charge in [-0.1, -0.05) is 39.8 Å². The molecule has 1 aromatic rings. The van der Waals surface area contributed by atoms with Crippen LogP contribution in [0.15, 0.2) is 24.3 Å². The number of benzene rings is 1. The van der Waals surface area contributed by atoms with Crippen molar-refractivity contribution in [1.82, 2.24) is 0 Å². The molecule has 0 saturated carbocycles. The largest absolute Gasteiger partial charge is 0.388 e.